The van der Waals surface area contributed by atoms with Crippen LogP contribution in [0.2, 0.25) is 0 Å². The van der Waals surface area contributed by atoms with Crippen molar-refractivity contribution in [3.63, 3.8) is 0 Å². The molecule has 1 heteroatoms. The molecular weight excluding hydrogens is 711 g/mol. The minimum absolute atomic E-state index is 0.0829. The van der Waals surface area contributed by atoms with E-state index < -0.39 is 0 Å². The zero-order valence-electron chi connectivity index (χ0n) is 32.9. The van der Waals surface area contributed by atoms with E-state index in [2.05, 4.69) is 223 Å². The van der Waals surface area contributed by atoms with Crippen molar-refractivity contribution in [2.75, 3.05) is 4.90 Å². The van der Waals surface area contributed by atoms with Gasteiger partial charge in [0.1, 0.15) is 0 Å². The van der Waals surface area contributed by atoms with Crippen LogP contribution < -0.4 is 4.90 Å². The molecule has 1 nitrogen and oxygen atoms in total. The van der Waals surface area contributed by atoms with Crippen LogP contribution >= 0.6 is 0 Å². The molecule has 2 aliphatic carbocycles. The number of hydrogen-bond donors (Lipinski definition) is 0. The lowest BCUT2D eigenvalue weighted by molar-refractivity contribution is 0.757. The molecule has 0 saturated carbocycles. The van der Waals surface area contributed by atoms with Gasteiger partial charge in [-0.2, -0.15) is 0 Å². The van der Waals surface area contributed by atoms with Gasteiger partial charge in [-0.25, -0.2) is 0 Å². The lowest BCUT2D eigenvalue weighted by Gasteiger charge is -2.37. The summed E-state index contributed by atoms with van der Waals surface area (Å²) >= 11 is 0. The highest BCUT2D eigenvalue weighted by Crippen LogP contribution is 2.51. The number of fused-ring (bicyclic) bond motifs is 7. The van der Waals surface area contributed by atoms with E-state index in [0.29, 0.717) is 0 Å². The highest BCUT2D eigenvalue weighted by Gasteiger charge is 2.31. The van der Waals surface area contributed by atoms with Crippen molar-refractivity contribution in [1.29, 1.82) is 0 Å². The van der Waals surface area contributed by atoms with Crippen molar-refractivity contribution in [2.24, 2.45) is 0 Å². The SMILES string of the molecule is C1=Cc2c(c3c(c4c(-c5ccccc5)c(-c5ccccc5)cc(-c5ccccc5)c24)C=CC(N(c2ccccc2)c2ccccc2-c2cccc4ccccc24)C3)CC1. The van der Waals surface area contributed by atoms with Gasteiger partial charge in [-0.15, -0.1) is 0 Å². The van der Waals surface area contributed by atoms with Crippen molar-refractivity contribution in [2.45, 2.75) is 25.3 Å². The molecule has 0 fully saturated rings. The van der Waals surface area contributed by atoms with Crippen molar-refractivity contribution < 1.29 is 0 Å². The van der Waals surface area contributed by atoms with E-state index in [9.17, 15) is 0 Å². The quantitative estimate of drug-likeness (QED) is 0.157. The Morgan fingerprint density at radius 1 is 0.441 bits per heavy atom. The Morgan fingerprint density at radius 3 is 1.80 bits per heavy atom. The Bertz CT molecular complexity index is 3050. The molecule has 9 aromatic rings. The third-order valence-electron chi connectivity index (χ3n) is 12.5. The number of hydrogen-bond acceptors (Lipinski definition) is 1. The van der Waals surface area contributed by atoms with E-state index in [4.69, 9.17) is 0 Å². The summed E-state index contributed by atoms with van der Waals surface area (Å²) in [6.45, 7) is 0. The minimum Gasteiger partial charge on any atom is -0.334 e. The van der Waals surface area contributed by atoms with Gasteiger partial charge in [0, 0.05) is 16.9 Å². The molecule has 0 spiro atoms. The minimum atomic E-state index is 0.0829. The van der Waals surface area contributed by atoms with E-state index in [1.807, 2.05) is 0 Å². The molecule has 9 aromatic carbocycles. The summed E-state index contributed by atoms with van der Waals surface area (Å²) in [5.41, 5.74) is 18.1. The van der Waals surface area contributed by atoms with E-state index in [-0.39, 0.29) is 6.04 Å². The second-order valence-electron chi connectivity index (χ2n) is 15.8. The number of allylic oxidation sites excluding steroid dienone is 1. The van der Waals surface area contributed by atoms with E-state index >= 15 is 0 Å². The lowest BCUT2D eigenvalue weighted by Crippen LogP contribution is -2.34. The lowest BCUT2D eigenvalue weighted by atomic mass is 9.75. The monoisotopic (exact) mass is 753 g/mol. The van der Waals surface area contributed by atoms with E-state index in [1.54, 1.807) is 0 Å². The zero-order valence-corrected chi connectivity index (χ0v) is 32.9. The number of anilines is 2. The molecule has 0 radical (unpaired) electrons. The Hall–Kier alpha value is -7.22. The Kier molecular flexibility index (Phi) is 8.86. The average Bonchev–Trinajstić information content (AvgIpc) is 3.32. The Balaban J connectivity index is 1.19. The highest BCUT2D eigenvalue weighted by molar-refractivity contribution is 6.17. The first-order valence-electron chi connectivity index (χ1n) is 20.9. The van der Waals surface area contributed by atoms with Gasteiger partial charge in [-0.1, -0.05) is 194 Å². The first kappa shape index (κ1) is 35.0. The predicted octanol–water partition coefficient (Wildman–Crippen LogP) is 15.4. The molecule has 2 aliphatic rings. The van der Waals surface area contributed by atoms with Gasteiger partial charge in [-0.05, 0) is 126 Å². The molecule has 59 heavy (non-hydrogen) atoms. The van der Waals surface area contributed by atoms with Crippen molar-refractivity contribution in [3.8, 4) is 44.5 Å². The molecule has 0 saturated heterocycles. The smallest absolute Gasteiger partial charge is 0.0566 e. The Labute approximate surface area is 346 Å². The van der Waals surface area contributed by atoms with Crippen LogP contribution in [0.5, 0.6) is 0 Å². The maximum Gasteiger partial charge on any atom is 0.0566 e. The largest absolute Gasteiger partial charge is 0.334 e. The average molecular weight is 754 g/mol. The van der Waals surface area contributed by atoms with Crippen LogP contribution in [0.1, 0.15) is 28.7 Å². The Morgan fingerprint density at radius 2 is 1.03 bits per heavy atom. The number of para-hydroxylation sites is 2. The highest BCUT2D eigenvalue weighted by atomic mass is 15.2. The predicted molar refractivity (Wildman–Crippen MR) is 252 cm³/mol. The third-order valence-corrected chi connectivity index (χ3v) is 12.5. The second-order valence-corrected chi connectivity index (χ2v) is 15.8. The zero-order chi connectivity index (χ0) is 39.1. The number of rotatable bonds is 7. The van der Waals surface area contributed by atoms with Crippen molar-refractivity contribution >= 4 is 45.1 Å². The molecule has 0 amide bonds. The summed E-state index contributed by atoms with van der Waals surface area (Å²) in [6, 6.07) is 71.1. The summed E-state index contributed by atoms with van der Waals surface area (Å²) in [5, 5.41) is 5.21. The van der Waals surface area contributed by atoms with Crippen LogP contribution in [-0.4, -0.2) is 6.04 Å². The summed E-state index contributed by atoms with van der Waals surface area (Å²) in [7, 11) is 0. The van der Waals surface area contributed by atoms with Crippen LogP contribution in [0.4, 0.5) is 11.4 Å². The maximum absolute atomic E-state index is 2.60. The van der Waals surface area contributed by atoms with Gasteiger partial charge in [-0.3, -0.25) is 0 Å². The first-order chi connectivity index (χ1) is 29.3. The van der Waals surface area contributed by atoms with Gasteiger partial charge in [0.25, 0.3) is 0 Å². The van der Waals surface area contributed by atoms with Gasteiger partial charge >= 0.3 is 0 Å². The molecule has 0 bridgehead atoms. The standard InChI is InChI=1S/C58H43N/c1-5-20-41(21-6-1)52-39-53(42-22-7-2-8-23-42)57-50-33-16-15-31-48(50)54-38-45(36-37-51(54)58(57)56(52)43-25-9-3-10-26-43)59(44-28-11-4-12-29-44)55-35-18-17-32-49(55)47-34-19-27-40-24-13-14-30-46(40)47/h1-14,16-30,32-37,39,45H,15,31,38H2. The molecule has 1 unspecified atom stereocenters. The topological polar surface area (TPSA) is 3.24 Å². The van der Waals surface area contributed by atoms with E-state index in [0.717, 1.165) is 19.3 Å². The fourth-order valence-corrected chi connectivity index (χ4v) is 9.90. The van der Waals surface area contributed by atoms with Gasteiger partial charge < -0.3 is 4.90 Å². The molecule has 0 N–H and O–H groups in total. The van der Waals surface area contributed by atoms with Gasteiger partial charge in [0.15, 0.2) is 0 Å². The first-order valence-corrected chi connectivity index (χ1v) is 20.9. The van der Waals surface area contributed by atoms with Crippen LogP contribution in [0, 0.1) is 0 Å². The molecule has 280 valence electrons. The summed E-state index contributed by atoms with van der Waals surface area (Å²) in [6.07, 6.45) is 12.8. The van der Waals surface area contributed by atoms with Crippen molar-refractivity contribution in [3.05, 3.63) is 229 Å². The molecule has 1 atom stereocenters. The third kappa shape index (κ3) is 6.10. The second kappa shape index (κ2) is 14.9. The fraction of sp³-hybridized carbons (Fsp3) is 0.0690. The molecule has 0 heterocycles. The van der Waals surface area contributed by atoms with Crippen LogP contribution in [0.25, 0.3) is 78.2 Å². The molecule has 11 rings (SSSR count). The fourth-order valence-electron chi connectivity index (χ4n) is 9.90. The van der Waals surface area contributed by atoms with Crippen LogP contribution in [0.3, 0.4) is 0 Å². The number of nitrogens with zero attached hydrogens (tertiary/aromatic N) is 1. The summed E-state index contributed by atoms with van der Waals surface area (Å²) < 4.78 is 0. The summed E-state index contributed by atoms with van der Waals surface area (Å²) in [4.78, 5) is 2.60. The normalized spacial score (nSPS) is 14.3. The van der Waals surface area contributed by atoms with Crippen molar-refractivity contribution in [1.82, 2.24) is 0 Å². The maximum atomic E-state index is 2.60. The van der Waals surface area contributed by atoms with Crippen LogP contribution in [0.15, 0.2) is 206 Å². The molecular formula is C58H43N. The van der Waals surface area contributed by atoms with Gasteiger partial charge in [0.05, 0.1) is 6.04 Å². The molecule has 0 aliphatic heterocycles. The van der Waals surface area contributed by atoms with E-state index in [1.165, 1.54) is 99.7 Å². The molecule has 0 aromatic heterocycles. The number of benzene rings is 9. The van der Waals surface area contributed by atoms with Gasteiger partial charge in [0.2, 0.25) is 0 Å². The van der Waals surface area contributed by atoms with Crippen LogP contribution in [-0.2, 0) is 12.8 Å². The summed E-state index contributed by atoms with van der Waals surface area (Å²) in [5.74, 6) is 0.